The van der Waals surface area contributed by atoms with E-state index >= 15 is 0 Å². The van der Waals surface area contributed by atoms with E-state index in [2.05, 4.69) is 15.6 Å². The van der Waals surface area contributed by atoms with E-state index in [1.165, 1.54) is 69.0 Å². The summed E-state index contributed by atoms with van der Waals surface area (Å²) in [5.41, 5.74) is 4.06. The second kappa shape index (κ2) is 14.0. The van der Waals surface area contributed by atoms with Crippen molar-refractivity contribution in [3.05, 3.63) is 58.2 Å². The van der Waals surface area contributed by atoms with Gasteiger partial charge in [0.1, 0.15) is 11.5 Å². The Balaban J connectivity index is 1.01. The summed E-state index contributed by atoms with van der Waals surface area (Å²) in [6, 6.07) is 7.07. The lowest BCUT2D eigenvalue weighted by Crippen LogP contribution is -2.49. The highest BCUT2D eigenvalue weighted by molar-refractivity contribution is 5.94. The van der Waals surface area contributed by atoms with E-state index in [9.17, 15) is 14.0 Å². The third-order valence-corrected chi connectivity index (χ3v) is 9.86. The molecule has 0 radical (unpaired) electrons. The molecule has 0 unspecified atom stereocenters. The Bertz CT molecular complexity index is 1170. The average molecular weight is 565 g/mol. The molecule has 1 aromatic heterocycles. The molecule has 7 heteroatoms. The molecule has 1 aliphatic carbocycles. The molecule has 1 spiro atoms. The third-order valence-electron chi connectivity index (χ3n) is 9.86. The fourth-order valence-electron chi connectivity index (χ4n) is 7.21. The van der Waals surface area contributed by atoms with Crippen LogP contribution in [0.25, 0.3) is 0 Å². The van der Waals surface area contributed by atoms with Crippen molar-refractivity contribution >= 4 is 11.8 Å². The van der Waals surface area contributed by atoms with Gasteiger partial charge in [-0.05, 0) is 68.2 Å². The number of H-pyrrole nitrogens is 1. The van der Waals surface area contributed by atoms with Gasteiger partial charge in [0.05, 0.1) is 5.56 Å². The minimum Gasteiger partial charge on any atom is -0.354 e. The van der Waals surface area contributed by atoms with Gasteiger partial charge in [-0.1, -0.05) is 69.9 Å². The molecule has 3 aliphatic rings. The lowest BCUT2D eigenvalue weighted by molar-refractivity contribution is 0.0681. The molecule has 2 fully saturated rings. The summed E-state index contributed by atoms with van der Waals surface area (Å²) in [5, 5.41) is 7.00. The highest BCUT2D eigenvalue weighted by Crippen LogP contribution is 2.33. The van der Waals surface area contributed by atoms with Crippen LogP contribution in [0.5, 0.6) is 0 Å². The molecule has 1 aromatic carbocycles. The van der Waals surface area contributed by atoms with Crippen LogP contribution in [0.1, 0.15) is 128 Å². The molecule has 2 aromatic rings. The molecule has 1 saturated heterocycles. The van der Waals surface area contributed by atoms with E-state index < -0.39 is 5.82 Å². The number of unbranched alkanes of at least 4 members (excludes halogenated alkanes) is 1. The van der Waals surface area contributed by atoms with Crippen LogP contribution in [0.15, 0.2) is 24.3 Å². The third kappa shape index (κ3) is 7.59. The number of nitrogens with zero attached hydrogens (tertiary/aromatic N) is 1. The van der Waals surface area contributed by atoms with E-state index in [0.717, 1.165) is 45.1 Å². The summed E-state index contributed by atoms with van der Waals surface area (Å²) in [4.78, 5) is 31.0. The number of benzene rings is 1. The van der Waals surface area contributed by atoms with Crippen LogP contribution >= 0.6 is 0 Å². The number of carbonyl (C=O) groups is 2. The van der Waals surface area contributed by atoms with Crippen LogP contribution in [0.3, 0.4) is 0 Å². The monoisotopic (exact) mass is 564 g/mol. The zero-order valence-corrected chi connectivity index (χ0v) is 25.0. The molecule has 3 N–H and O–H groups in total. The van der Waals surface area contributed by atoms with Crippen molar-refractivity contribution in [2.75, 3.05) is 19.6 Å². The normalized spacial score (nSPS) is 20.0. The quantitative estimate of drug-likeness (QED) is 0.323. The zero-order chi connectivity index (χ0) is 28.7. The first kappa shape index (κ1) is 29.8. The Morgan fingerprint density at radius 1 is 1.02 bits per heavy atom. The molecule has 2 aliphatic heterocycles. The topological polar surface area (TPSA) is 77.2 Å². The Kier molecular flexibility index (Phi) is 10.2. The maximum atomic E-state index is 14.4. The van der Waals surface area contributed by atoms with Crippen LogP contribution in [-0.2, 0) is 13.0 Å². The molecular formula is C34H49FN4O2. The van der Waals surface area contributed by atoms with Gasteiger partial charge in [-0.3, -0.25) is 9.59 Å². The maximum absolute atomic E-state index is 14.4. The first-order chi connectivity index (χ1) is 19.9. The van der Waals surface area contributed by atoms with E-state index in [1.807, 2.05) is 6.07 Å². The van der Waals surface area contributed by atoms with E-state index in [1.54, 1.807) is 30.0 Å². The maximum Gasteiger partial charge on any atom is 0.267 e. The molecular weight excluding hydrogens is 515 g/mol. The smallest absolute Gasteiger partial charge is 0.267 e. The number of aromatic nitrogens is 1. The second-order valence-electron chi connectivity index (χ2n) is 12.9. The molecule has 224 valence electrons. The van der Waals surface area contributed by atoms with Gasteiger partial charge in [-0.2, -0.15) is 0 Å². The van der Waals surface area contributed by atoms with Gasteiger partial charge in [0.2, 0.25) is 0 Å². The Morgan fingerprint density at radius 3 is 2.46 bits per heavy atom. The lowest BCUT2D eigenvalue weighted by atomic mass is 9.79. The highest BCUT2D eigenvalue weighted by Gasteiger charge is 2.35. The van der Waals surface area contributed by atoms with Gasteiger partial charge in [0.15, 0.2) is 0 Å². The van der Waals surface area contributed by atoms with Crippen molar-refractivity contribution in [3.63, 3.8) is 0 Å². The lowest BCUT2D eigenvalue weighted by Gasteiger charge is -2.39. The molecule has 41 heavy (non-hydrogen) atoms. The van der Waals surface area contributed by atoms with Crippen molar-refractivity contribution in [1.82, 2.24) is 20.5 Å². The number of hydrogen-bond acceptors (Lipinski definition) is 3. The number of halogens is 1. The number of aryl methyl sites for hydroxylation is 1. The van der Waals surface area contributed by atoms with Crippen molar-refractivity contribution in [1.29, 1.82) is 0 Å². The molecule has 0 bridgehead atoms. The van der Waals surface area contributed by atoms with Crippen molar-refractivity contribution in [3.8, 4) is 0 Å². The van der Waals surface area contributed by atoms with Crippen molar-refractivity contribution in [2.45, 2.75) is 115 Å². The Labute approximate surface area is 245 Å². The summed E-state index contributed by atoms with van der Waals surface area (Å²) in [5.74, 6) is -0.0223. The number of aromatic amines is 1. The van der Waals surface area contributed by atoms with Gasteiger partial charge in [0.25, 0.3) is 11.8 Å². The summed E-state index contributed by atoms with van der Waals surface area (Å²) in [7, 11) is 0. The predicted molar refractivity (Wildman–Crippen MR) is 162 cm³/mol. The van der Waals surface area contributed by atoms with Gasteiger partial charge in [-0.25, -0.2) is 4.39 Å². The van der Waals surface area contributed by atoms with Crippen LogP contribution in [0, 0.1) is 18.7 Å². The fourth-order valence-corrected chi connectivity index (χ4v) is 7.21. The van der Waals surface area contributed by atoms with Crippen LogP contribution in [0.2, 0.25) is 0 Å². The number of likely N-dealkylation sites (tertiary alicyclic amines) is 1. The van der Waals surface area contributed by atoms with Gasteiger partial charge >= 0.3 is 0 Å². The number of nitrogens with one attached hydrogen (secondary N) is 3. The summed E-state index contributed by atoms with van der Waals surface area (Å²) in [6.07, 6.45) is 17.8. The van der Waals surface area contributed by atoms with Crippen LogP contribution in [-0.4, -0.2) is 46.9 Å². The SMILES string of the molecule is Cc1cccc(C(=O)N2CCC(CCCCNC(=O)c3cc4c([nH]3)CC3(CCCCCCCCC3)NC4)CC2)c1F. The first-order valence-electron chi connectivity index (χ1n) is 16.2. The number of rotatable bonds is 7. The Morgan fingerprint density at radius 2 is 1.73 bits per heavy atom. The summed E-state index contributed by atoms with van der Waals surface area (Å²) >= 11 is 0. The fraction of sp³-hybridized carbons (Fsp3) is 0.647. The summed E-state index contributed by atoms with van der Waals surface area (Å²) < 4.78 is 14.4. The summed E-state index contributed by atoms with van der Waals surface area (Å²) in [6.45, 7) is 4.58. The Hall–Kier alpha value is -2.67. The number of hydrogen-bond donors (Lipinski definition) is 3. The standard InChI is InChI=1S/C34H49FN4O2/c1-25-12-11-14-28(31(25)35)33(41)39-20-15-26(16-21-39)13-7-10-19-36-32(40)29-22-27-24-37-34(23-30(27)38-29)17-8-5-3-2-4-6-9-18-34/h11-12,14,22,26,37-38H,2-10,13,15-21,23-24H2,1H3,(H,36,40). The molecule has 6 nitrogen and oxygen atoms in total. The first-order valence-corrected chi connectivity index (χ1v) is 16.2. The number of fused-ring (bicyclic) bond motifs is 1. The van der Waals surface area contributed by atoms with Crippen LogP contribution < -0.4 is 10.6 Å². The van der Waals surface area contributed by atoms with Crippen LogP contribution in [0.4, 0.5) is 4.39 Å². The number of piperidine rings is 1. The molecule has 0 atom stereocenters. The van der Waals surface area contributed by atoms with Crippen molar-refractivity contribution in [2.24, 2.45) is 5.92 Å². The largest absolute Gasteiger partial charge is 0.354 e. The molecule has 1 saturated carbocycles. The molecule has 2 amide bonds. The highest BCUT2D eigenvalue weighted by atomic mass is 19.1. The minimum absolute atomic E-state index is 0.00499. The zero-order valence-electron chi connectivity index (χ0n) is 25.0. The predicted octanol–water partition coefficient (Wildman–Crippen LogP) is 6.82. The number of carbonyl (C=O) groups excluding carboxylic acids is 2. The van der Waals surface area contributed by atoms with Gasteiger partial charge in [-0.15, -0.1) is 0 Å². The van der Waals surface area contributed by atoms with Crippen molar-refractivity contribution < 1.29 is 14.0 Å². The van der Waals surface area contributed by atoms with E-state index in [0.29, 0.717) is 36.8 Å². The minimum atomic E-state index is -0.400. The number of amides is 2. The molecule has 3 heterocycles. The second-order valence-corrected chi connectivity index (χ2v) is 12.9. The van der Waals surface area contributed by atoms with Gasteiger partial charge < -0.3 is 20.5 Å². The van der Waals surface area contributed by atoms with E-state index in [4.69, 9.17) is 0 Å². The molecule has 5 rings (SSSR count). The van der Waals surface area contributed by atoms with Gasteiger partial charge in [0, 0.05) is 43.8 Å². The van der Waals surface area contributed by atoms with E-state index in [-0.39, 0.29) is 22.9 Å². The average Bonchev–Trinajstić information content (AvgIpc) is 3.41.